The van der Waals surface area contributed by atoms with Gasteiger partial charge in [-0.05, 0) is 55.2 Å². The summed E-state index contributed by atoms with van der Waals surface area (Å²) < 4.78 is 10.9. The van der Waals surface area contributed by atoms with Gasteiger partial charge in [-0.25, -0.2) is 0 Å². The third kappa shape index (κ3) is 6.48. The standard InChI is InChI=1S/C26H35N3O4/c1-5-12-29(19(2)14-25(30)27-22-9-7-6-8-10-22)26(31)18-28-13-11-20-15-23(32-3)24(33-4)16-21(20)17-28/h6-10,15-16,19H,5,11-14,17-18H2,1-4H3,(H,27,30). The molecule has 1 aliphatic rings. The molecule has 1 aliphatic heterocycles. The van der Waals surface area contributed by atoms with Gasteiger partial charge >= 0.3 is 0 Å². The zero-order valence-corrected chi connectivity index (χ0v) is 20.1. The van der Waals surface area contributed by atoms with Crippen LogP contribution in [0.5, 0.6) is 11.5 Å². The molecule has 7 nitrogen and oxygen atoms in total. The number of anilines is 1. The fraction of sp³-hybridized carbons (Fsp3) is 0.462. The number of carbonyl (C=O) groups excluding carboxylic acids is 2. The Kier molecular flexibility index (Phi) is 8.72. The summed E-state index contributed by atoms with van der Waals surface area (Å²) >= 11 is 0. The average molecular weight is 454 g/mol. The Balaban J connectivity index is 1.61. The molecule has 0 aromatic heterocycles. The lowest BCUT2D eigenvalue weighted by atomic mass is 9.98. The second-order valence-corrected chi connectivity index (χ2v) is 8.49. The van der Waals surface area contributed by atoms with Crippen molar-refractivity contribution in [3.8, 4) is 11.5 Å². The summed E-state index contributed by atoms with van der Waals surface area (Å²) in [7, 11) is 3.27. The molecule has 1 unspecified atom stereocenters. The van der Waals surface area contributed by atoms with Crippen LogP contribution >= 0.6 is 0 Å². The zero-order chi connectivity index (χ0) is 23.8. The number of fused-ring (bicyclic) bond motifs is 1. The number of carbonyl (C=O) groups is 2. The SMILES string of the molecule is CCCN(C(=O)CN1CCc2cc(OC)c(OC)cc2C1)C(C)CC(=O)Nc1ccccc1. The van der Waals surface area contributed by atoms with E-state index in [1.165, 1.54) is 5.56 Å². The summed E-state index contributed by atoms with van der Waals surface area (Å²) in [6.45, 7) is 6.45. The number of methoxy groups -OCH3 is 2. The van der Waals surface area contributed by atoms with E-state index in [-0.39, 0.29) is 24.3 Å². The highest BCUT2D eigenvalue weighted by Gasteiger charge is 2.26. The minimum absolute atomic E-state index is 0.0563. The Hall–Kier alpha value is -3.06. The second-order valence-electron chi connectivity index (χ2n) is 8.49. The first-order valence-electron chi connectivity index (χ1n) is 11.6. The lowest BCUT2D eigenvalue weighted by Crippen LogP contribution is -2.47. The number of benzene rings is 2. The van der Waals surface area contributed by atoms with E-state index in [1.807, 2.05) is 61.2 Å². The summed E-state index contributed by atoms with van der Waals surface area (Å²) in [5.74, 6) is 1.41. The summed E-state index contributed by atoms with van der Waals surface area (Å²) in [6, 6.07) is 13.2. The minimum atomic E-state index is -0.178. The monoisotopic (exact) mass is 453 g/mol. The maximum atomic E-state index is 13.2. The van der Waals surface area contributed by atoms with Crippen molar-refractivity contribution >= 4 is 17.5 Å². The topological polar surface area (TPSA) is 71.1 Å². The molecule has 2 aromatic rings. The Labute approximate surface area is 196 Å². The molecule has 33 heavy (non-hydrogen) atoms. The first-order chi connectivity index (χ1) is 15.9. The van der Waals surface area contributed by atoms with Crippen molar-refractivity contribution in [2.45, 2.75) is 45.7 Å². The van der Waals surface area contributed by atoms with Crippen LogP contribution < -0.4 is 14.8 Å². The molecule has 1 N–H and O–H groups in total. The van der Waals surface area contributed by atoms with Crippen LogP contribution in [0.25, 0.3) is 0 Å². The fourth-order valence-corrected chi connectivity index (χ4v) is 4.30. The number of para-hydroxylation sites is 1. The predicted octanol–water partition coefficient (Wildman–Crippen LogP) is 3.72. The Bertz CT molecular complexity index is 948. The molecule has 1 heterocycles. The number of hydrogen-bond acceptors (Lipinski definition) is 5. The van der Waals surface area contributed by atoms with E-state index in [2.05, 4.69) is 10.2 Å². The Morgan fingerprint density at radius 1 is 1.09 bits per heavy atom. The Morgan fingerprint density at radius 2 is 1.76 bits per heavy atom. The van der Waals surface area contributed by atoms with E-state index in [1.54, 1.807) is 14.2 Å². The molecule has 0 spiro atoms. The molecule has 2 aromatic carbocycles. The van der Waals surface area contributed by atoms with Crippen molar-refractivity contribution in [2.75, 3.05) is 39.2 Å². The lowest BCUT2D eigenvalue weighted by molar-refractivity contribution is -0.135. The molecule has 0 bridgehead atoms. The molecule has 0 aliphatic carbocycles. The normalized spacial score (nSPS) is 14.2. The van der Waals surface area contributed by atoms with Crippen molar-refractivity contribution in [1.82, 2.24) is 9.80 Å². The summed E-state index contributed by atoms with van der Waals surface area (Å²) in [5.41, 5.74) is 3.15. The molecular formula is C26H35N3O4. The smallest absolute Gasteiger partial charge is 0.237 e. The molecule has 0 saturated carbocycles. The highest BCUT2D eigenvalue weighted by molar-refractivity contribution is 5.91. The third-order valence-electron chi connectivity index (χ3n) is 6.01. The number of nitrogens with one attached hydrogen (secondary N) is 1. The summed E-state index contributed by atoms with van der Waals surface area (Å²) in [4.78, 5) is 29.7. The summed E-state index contributed by atoms with van der Waals surface area (Å²) in [5, 5.41) is 2.91. The van der Waals surface area contributed by atoms with Crippen LogP contribution in [0.2, 0.25) is 0 Å². The number of ether oxygens (including phenoxy) is 2. The van der Waals surface area contributed by atoms with Crippen LogP contribution in [0, 0.1) is 0 Å². The van der Waals surface area contributed by atoms with Crippen LogP contribution in [0.15, 0.2) is 42.5 Å². The quantitative estimate of drug-likeness (QED) is 0.594. The van der Waals surface area contributed by atoms with Gasteiger partial charge in [-0.15, -0.1) is 0 Å². The van der Waals surface area contributed by atoms with Crippen molar-refractivity contribution < 1.29 is 19.1 Å². The first kappa shape index (κ1) is 24.6. The first-order valence-corrected chi connectivity index (χ1v) is 11.6. The molecule has 0 saturated heterocycles. The fourth-order valence-electron chi connectivity index (χ4n) is 4.30. The van der Waals surface area contributed by atoms with Gasteiger partial charge in [0.15, 0.2) is 11.5 Å². The summed E-state index contributed by atoms with van der Waals surface area (Å²) in [6.07, 6.45) is 1.96. The van der Waals surface area contributed by atoms with Crippen molar-refractivity contribution in [2.24, 2.45) is 0 Å². The van der Waals surface area contributed by atoms with Gasteiger partial charge in [0.1, 0.15) is 0 Å². The number of rotatable bonds is 10. The van der Waals surface area contributed by atoms with E-state index in [9.17, 15) is 9.59 Å². The molecule has 0 fully saturated rings. The molecule has 2 amide bonds. The van der Waals surface area contributed by atoms with Gasteiger partial charge in [-0.2, -0.15) is 0 Å². The van der Waals surface area contributed by atoms with Crippen LogP contribution in [-0.4, -0.2) is 61.5 Å². The van der Waals surface area contributed by atoms with Gasteiger partial charge in [0, 0.05) is 37.8 Å². The number of amides is 2. The maximum Gasteiger partial charge on any atom is 0.237 e. The van der Waals surface area contributed by atoms with Crippen LogP contribution in [0.4, 0.5) is 5.69 Å². The van der Waals surface area contributed by atoms with E-state index in [0.29, 0.717) is 25.4 Å². The van der Waals surface area contributed by atoms with E-state index in [4.69, 9.17) is 9.47 Å². The van der Waals surface area contributed by atoms with Gasteiger partial charge in [-0.3, -0.25) is 14.5 Å². The van der Waals surface area contributed by atoms with Gasteiger partial charge in [0.2, 0.25) is 11.8 Å². The number of hydrogen-bond donors (Lipinski definition) is 1. The van der Waals surface area contributed by atoms with Gasteiger partial charge in [-0.1, -0.05) is 25.1 Å². The molecule has 1 atom stereocenters. The minimum Gasteiger partial charge on any atom is -0.493 e. The van der Waals surface area contributed by atoms with Gasteiger partial charge < -0.3 is 19.7 Å². The molecule has 3 rings (SSSR count). The molecular weight excluding hydrogens is 418 g/mol. The van der Waals surface area contributed by atoms with Gasteiger partial charge in [0.05, 0.1) is 20.8 Å². The van der Waals surface area contributed by atoms with Crippen molar-refractivity contribution in [1.29, 1.82) is 0 Å². The van der Waals surface area contributed by atoms with Crippen molar-refractivity contribution in [3.63, 3.8) is 0 Å². The van der Waals surface area contributed by atoms with E-state index in [0.717, 1.165) is 36.4 Å². The highest BCUT2D eigenvalue weighted by atomic mass is 16.5. The van der Waals surface area contributed by atoms with Crippen LogP contribution in [0.1, 0.15) is 37.8 Å². The molecule has 178 valence electrons. The second kappa shape index (κ2) is 11.7. The molecule has 0 radical (unpaired) electrons. The van der Waals surface area contributed by atoms with E-state index >= 15 is 0 Å². The van der Waals surface area contributed by atoms with Gasteiger partial charge in [0.25, 0.3) is 0 Å². The molecule has 7 heteroatoms. The van der Waals surface area contributed by atoms with Crippen LogP contribution in [-0.2, 0) is 22.6 Å². The predicted molar refractivity (Wildman–Crippen MR) is 130 cm³/mol. The van der Waals surface area contributed by atoms with Crippen LogP contribution in [0.3, 0.4) is 0 Å². The third-order valence-corrected chi connectivity index (χ3v) is 6.01. The van der Waals surface area contributed by atoms with Crippen molar-refractivity contribution in [3.05, 3.63) is 53.6 Å². The Morgan fingerprint density at radius 3 is 2.39 bits per heavy atom. The number of nitrogens with zero attached hydrogens (tertiary/aromatic N) is 2. The highest BCUT2D eigenvalue weighted by Crippen LogP contribution is 2.33. The largest absolute Gasteiger partial charge is 0.493 e. The van der Waals surface area contributed by atoms with E-state index < -0.39 is 0 Å². The zero-order valence-electron chi connectivity index (χ0n) is 20.1. The average Bonchev–Trinajstić information content (AvgIpc) is 2.81. The lowest BCUT2D eigenvalue weighted by Gasteiger charge is -2.33. The maximum absolute atomic E-state index is 13.2.